The molecule has 0 bridgehead atoms. The van der Waals surface area contributed by atoms with Gasteiger partial charge in [0.05, 0.1) is 15.2 Å². The minimum absolute atomic E-state index is 0.151. The van der Waals surface area contributed by atoms with Crippen molar-refractivity contribution in [1.29, 1.82) is 0 Å². The molecule has 2 aromatic rings. The lowest BCUT2D eigenvalue weighted by Gasteiger charge is -2.13. The van der Waals surface area contributed by atoms with Crippen molar-refractivity contribution in [3.8, 4) is 0 Å². The van der Waals surface area contributed by atoms with E-state index in [-0.39, 0.29) is 6.04 Å². The van der Waals surface area contributed by atoms with Crippen LogP contribution in [0.3, 0.4) is 0 Å². The molecule has 6 heteroatoms. The first-order valence-electron chi connectivity index (χ1n) is 5.48. The Morgan fingerprint density at radius 1 is 1.33 bits per heavy atom. The van der Waals surface area contributed by atoms with Gasteiger partial charge in [0.25, 0.3) is 0 Å². The number of pyridine rings is 1. The van der Waals surface area contributed by atoms with Gasteiger partial charge in [0, 0.05) is 31.1 Å². The van der Waals surface area contributed by atoms with Crippen LogP contribution < -0.4 is 5.32 Å². The van der Waals surface area contributed by atoms with Gasteiger partial charge in [-0.2, -0.15) is 0 Å². The van der Waals surface area contributed by atoms with E-state index in [1.807, 2.05) is 19.1 Å². The summed E-state index contributed by atoms with van der Waals surface area (Å²) >= 11 is 9.36. The van der Waals surface area contributed by atoms with Crippen molar-refractivity contribution in [3.63, 3.8) is 0 Å². The molecule has 1 N–H and O–H groups in total. The summed E-state index contributed by atoms with van der Waals surface area (Å²) < 4.78 is 0.855. The lowest BCUT2D eigenvalue weighted by molar-refractivity contribution is 0.759. The molecular weight excluding hydrogens is 316 g/mol. The predicted molar refractivity (Wildman–Crippen MR) is 75.8 cm³/mol. The fourth-order valence-electron chi connectivity index (χ4n) is 1.52. The van der Waals surface area contributed by atoms with E-state index in [4.69, 9.17) is 11.6 Å². The molecule has 18 heavy (non-hydrogen) atoms. The van der Waals surface area contributed by atoms with Gasteiger partial charge in [-0.3, -0.25) is 4.98 Å². The Kier molecular flexibility index (Phi) is 4.49. The highest BCUT2D eigenvalue weighted by atomic mass is 79.9. The van der Waals surface area contributed by atoms with Gasteiger partial charge in [-0.1, -0.05) is 11.6 Å². The third-order valence-electron chi connectivity index (χ3n) is 2.33. The van der Waals surface area contributed by atoms with E-state index >= 15 is 0 Å². The quantitative estimate of drug-likeness (QED) is 0.936. The molecule has 94 valence electrons. The first-order valence-corrected chi connectivity index (χ1v) is 6.65. The van der Waals surface area contributed by atoms with Gasteiger partial charge in [-0.25, -0.2) is 9.97 Å². The number of rotatable bonds is 4. The normalized spacial score (nSPS) is 12.2. The zero-order valence-corrected chi connectivity index (χ0v) is 12.1. The zero-order valence-electron chi connectivity index (χ0n) is 9.77. The molecule has 1 atom stereocenters. The maximum atomic E-state index is 6.06. The van der Waals surface area contributed by atoms with Crippen molar-refractivity contribution >= 4 is 33.5 Å². The van der Waals surface area contributed by atoms with Gasteiger partial charge in [-0.05, 0) is 35.0 Å². The van der Waals surface area contributed by atoms with Crippen LogP contribution >= 0.6 is 27.5 Å². The zero-order chi connectivity index (χ0) is 13.0. The van der Waals surface area contributed by atoms with E-state index in [1.54, 1.807) is 18.6 Å². The Labute approximate surface area is 119 Å². The van der Waals surface area contributed by atoms with Gasteiger partial charge in [0.1, 0.15) is 0 Å². The Morgan fingerprint density at radius 3 is 2.72 bits per heavy atom. The van der Waals surface area contributed by atoms with E-state index < -0.39 is 0 Å². The van der Waals surface area contributed by atoms with Crippen molar-refractivity contribution in [3.05, 3.63) is 45.9 Å². The standard InChI is InChI=1S/C12H12BrClN4/c1-8(5-11-10(14)3-2-4-15-11)18-12-16-6-9(13)7-17-12/h2-4,6-8H,5H2,1H3,(H,16,17,18). The van der Waals surface area contributed by atoms with E-state index in [2.05, 4.69) is 36.2 Å². The van der Waals surface area contributed by atoms with E-state index in [9.17, 15) is 0 Å². The minimum Gasteiger partial charge on any atom is -0.351 e. The molecule has 1 unspecified atom stereocenters. The summed E-state index contributed by atoms with van der Waals surface area (Å²) in [5, 5.41) is 3.89. The predicted octanol–water partition coefficient (Wildman–Crippen LogP) is 3.33. The fourth-order valence-corrected chi connectivity index (χ4v) is 1.92. The molecule has 0 aliphatic rings. The summed E-state index contributed by atoms with van der Waals surface area (Å²) in [5.41, 5.74) is 0.872. The Balaban J connectivity index is 1.99. The second-order valence-electron chi connectivity index (χ2n) is 3.91. The number of hydrogen-bond acceptors (Lipinski definition) is 4. The SMILES string of the molecule is CC(Cc1ncccc1Cl)Nc1ncc(Br)cn1. The third-order valence-corrected chi connectivity index (χ3v) is 3.08. The maximum absolute atomic E-state index is 6.06. The fraction of sp³-hybridized carbons (Fsp3) is 0.250. The monoisotopic (exact) mass is 326 g/mol. The summed E-state index contributed by atoms with van der Waals surface area (Å²) in [5.74, 6) is 0.595. The maximum Gasteiger partial charge on any atom is 0.222 e. The average Bonchev–Trinajstić information content (AvgIpc) is 2.35. The summed E-state index contributed by atoms with van der Waals surface area (Å²) in [6.45, 7) is 2.04. The van der Waals surface area contributed by atoms with Crippen molar-refractivity contribution in [2.24, 2.45) is 0 Å². The molecule has 0 radical (unpaired) electrons. The van der Waals surface area contributed by atoms with Crippen molar-refractivity contribution in [1.82, 2.24) is 15.0 Å². The number of nitrogens with one attached hydrogen (secondary N) is 1. The van der Waals surface area contributed by atoms with Gasteiger partial charge >= 0.3 is 0 Å². The summed E-state index contributed by atoms with van der Waals surface area (Å²) in [7, 11) is 0. The van der Waals surface area contributed by atoms with Gasteiger partial charge < -0.3 is 5.32 Å². The first-order chi connectivity index (χ1) is 8.65. The Hall–Kier alpha value is -1.20. The topological polar surface area (TPSA) is 50.7 Å². The molecule has 2 aromatic heterocycles. The summed E-state index contributed by atoms with van der Waals surface area (Å²) in [4.78, 5) is 12.6. The van der Waals surface area contributed by atoms with Crippen LogP contribution in [-0.4, -0.2) is 21.0 Å². The largest absolute Gasteiger partial charge is 0.351 e. The molecule has 0 aliphatic heterocycles. The average molecular weight is 328 g/mol. The second-order valence-corrected chi connectivity index (χ2v) is 5.23. The Bertz CT molecular complexity index is 518. The minimum atomic E-state index is 0.151. The highest BCUT2D eigenvalue weighted by Crippen LogP contribution is 2.15. The van der Waals surface area contributed by atoms with Crippen LogP contribution in [-0.2, 0) is 6.42 Å². The number of aromatic nitrogens is 3. The molecule has 4 nitrogen and oxygen atoms in total. The van der Waals surface area contributed by atoms with Gasteiger partial charge in [0.2, 0.25) is 5.95 Å². The van der Waals surface area contributed by atoms with Crippen molar-refractivity contribution in [2.75, 3.05) is 5.32 Å². The van der Waals surface area contributed by atoms with Crippen LogP contribution in [0, 0.1) is 0 Å². The molecule has 2 rings (SSSR count). The van der Waals surface area contributed by atoms with E-state index in [0.717, 1.165) is 16.6 Å². The molecule has 0 saturated carbocycles. The molecule has 0 aromatic carbocycles. The van der Waals surface area contributed by atoms with Crippen LogP contribution in [0.15, 0.2) is 35.2 Å². The van der Waals surface area contributed by atoms with Crippen molar-refractivity contribution < 1.29 is 0 Å². The molecule has 0 saturated heterocycles. The van der Waals surface area contributed by atoms with E-state index in [0.29, 0.717) is 11.0 Å². The van der Waals surface area contributed by atoms with Crippen LogP contribution in [0.1, 0.15) is 12.6 Å². The lowest BCUT2D eigenvalue weighted by atomic mass is 10.1. The highest BCUT2D eigenvalue weighted by Gasteiger charge is 2.08. The highest BCUT2D eigenvalue weighted by molar-refractivity contribution is 9.10. The molecule has 0 fully saturated rings. The molecule has 0 aliphatic carbocycles. The van der Waals surface area contributed by atoms with Crippen LogP contribution in [0.4, 0.5) is 5.95 Å². The molecule has 0 amide bonds. The number of halogens is 2. The number of hydrogen-bond donors (Lipinski definition) is 1. The first kappa shape index (κ1) is 13.2. The van der Waals surface area contributed by atoms with Crippen LogP contribution in [0.2, 0.25) is 5.02 Å². The van der Waals surface area contributed by atoms with Gasteiger partial charge in [0.15, 0.2) is 0 Å². The smallest absolute Gasteiger partial charge is 0.222 e. The summed E-state index contributed by atoms with van der Waals surface area (Å²) in [6, 6.07) is 3.81. The van der Waals surface area contributed by atoms with E-state index in [1.165, 1.54) is 0 Å². The molecule has 2 heterocycles. The lowest BCUT2D eigenvalue weighted by Crippen LogP contribution is -2.20. The molecule has 0 spiro atoms. The van der Waals surface area contributed by atoms with Crippen LogP contribution in [0.25, 0.3) is 0 Å². The number of nitrogens with zero attached hydrogens (tertiary/aromatic N) is 3. The molecular formula is C12H12BrClN4. The third kappa shape index (κ3) is 3.65. The van der Waals surface area contributed by atoms with Crippen LogP contribution in [0.5, 0.6) is 0 Å². The number of anilines is 1. The van der Waals surface area contributed by atoms with Crippen molar-refractivity contribution in [2.45, 2.75) is 19.4 Å². The second kappa shape index (κ2) is 6.11. The summed E-state index contributed by atoms with van der Waals surface area (Å²) in [6.07, 6.45) is 5.87. The Morgan fingerprint density at radius 2 is 2.06 bits per heavy atom. The van der Waals surface area contributed by atoms with Gasteiger partial charge in [-0.15, -0.1) is 0 Å².